The van der Waals surface area contributed by atoms with Gasteiger partial charge in [0.1, 0.15) is 0 Å². The quantitative estimate of drug-likeness (QED) is 0.0505. The van der Waals surface area contributed by atoms with Crippen molar-refractivity contribution in [2.45, 2.75) is 258 Å². The summed E-state index contributed by atoms with van der Waals surface area (Å²) in [5.74, 6) is 0.0310. The van der Waals surface area contributed by atoms with Gasteiger partial charge in [-0.15, -0.1) is 0 Å². The SMILES string of the molecule is CCCCCCCCCCCCCCCCCCCCCCCOC(=O)CCCCCCCCCCCCCCCCCC. The van der Waals surface area contributed by atoms with Crippen LogP contribution in [0.25, 0.3) is 0 Å². The summed E-state index contributed by atoms with van der Waals surface area (Å²) in [5.41, 5.74) is 0. The third-order valence-corrected chi connectivity index (χ3v) is 9.75. The van der Waals surface area contributed by atoms with Crippen LogP contribution in [-0.2, 0) is 9.53 Å². The average molecular weight is 621 g/mol. The van der Waals surface area contributed by atoms with E-state index < -0.39 is 0 Å². The molecule has 2 nitrogen and oxygen atoms in total. The van der Waals surface area contributed by atoms with Gasteiger partial charge in [-0.3, -0.25) is 4.79 Å². The Morgan fingerprint density at radius 1 is 0.295 bits per heavy atom. The van der Waals surface area contributed by atoms with E-state index in [9.17, 15) is 4.79 Å². The number of esters is 1. The monoisotopic (exact) mass is 621 g/mol. The molecule has 0 heterocycles. The molecule has 0 atom stereocenters. The molecule has 0 N–H and O–H groups in total. The molecule has 44 heavy (non-hydrogen) atoms. The van der Waals surface area contributed by atoms with Crippen molar-refractivity contribution in [3.8, 4) is 0 Å². The zero-order valence-corrected chi connectivity index (χ0v) is 30.9. The number of hydrogen-bond donors (Lipinski definition) is 0. The average Bonchev–Trinajstić information content (AvgIpc) is 3.03. The molecule has 264 valence electrons. The largest absolute Gasteiger partial charge is 0.466 e. The number of carbonyl (C=O) groups excluding carboxylic acids is 1. The summed E-state index contributed by atoms with van der Waals surface area (Å²) < 4.78 is 5.47. The molecule has 0 bridgehead atoms. The van der Waals surface area contributed by atoms with Crippen molar-refractivity contribution in [1.29, 1.82) is 0 Å². The van der Waals surface area contributed by atoms with Gasteiger partial charge in [0.05, 0.1) is 6.61 Å². The molecule has 0 aliphatic rings. The van der Waals surface area contributed by atoms with Gasteiger partial charge in [0.25, 0.3) is 0 Å². The summed E-state index contributed by atoms with van der Waals surface area (Å²) in [6.07, 6.45) is 52.0. The first-order valence-electron chi connectivity index (χ1n) is 21.0. The zero-order valence-electron chi connectivity index (χ0n) is 30.9. The second-order valence-corrected chi connectivity index (χ2v) is 14.3. The van der Waals surface area contributed by atoms with Gasteiger partial charge in [0.2, 0.25) is 0 Å². The van der Waals surface area contributed by atoms with E-state index in [1.807, 2.05) is 0 Å². The minimum absolute atomic E-state index is 0.0310. The number of rotatable bonds is 39. The lowest BCUT2D eigenvalue weighted by atomic mass is 10.0. The highest BCUT2D eigenvalue weighted by Crippen LogP contribution is 2.16. The molecule has 0 amide bonds. The molecule has 0 aliphatic heterocycles. The van der Waals surface area contributed by atoms with Crippen molar-refractivity contribution in [2.24, 2.45) is 0 Å². The molecule has 0 unspecified atom stereocenters. The van der Waals surface area contributed by atoms with Crippen LogP contribution in [0.4, 0.5) is 0 Å². The predicted octanol–water partition coefficient (Wildman–Crippen LogP) is 15.4. The van der Waals surface area contributed by atoms with Gasteiger partial charge in [0, 0.05) is 6.42 Å². The number of hydrogen-bond acceptors (Lipinski definition) is 2. The van der Waals surface area contributed by atoms with Crippen molar-refractivity contribution in [3.05, 3.63) is 0 Å². The summed E-state index contributed by atoms with van der Waals surface area (Å²) in [5, 5.41) is 0. The Bertz CT molecular complexity index is 516. The molecule has 0 aromatic carbocycles. The van der Waals surface area contributed by atoms with E-state index in [1.54, 1.807) is 0 Å². The third-order valence-electron chi connectivity index (χ3n) is 9.75. The van der Waals surface area contributed by atoms with Crippen molar-refractivity contribution in [2.75, 3.05) is 6.61 Å². The van der Waals surface area contributed by atoms with Gasteiger partial charge in [0.15, 0.2) is 0 Å². The highest BCUT2D eigenvalue weighted by atomic mass is 16.5. The van der Waals surface area contributed by atoms with Crippen LogP contribution in [0.2, 0.25) is 0 Å². The number of unbranched alkanes of at least 4 members (excludes halogenated alkanes) is 35. The zero-order chi connectivity index (χ0) is 31.9. The Kier molecular flexibility index (Phi) is 40.0. The molecular weight excluding hydrogens is 536 g/mol. The van der Waals surface area contributed by atoms with Crippen molar-refractivity contribution in [1.82, 2.24) is 0 Å². The molecule has 0 radical (unpaired) electrons. The molecule has 0 fully saturated rings. The Labute approximate surface area is 279 Å². The van der Waals surface area contributed by atoms with E-state index in [0.717, 1.165) is 12.8 Å². The number of ether oxygens (including phenoxy) is 1. The molecule has 0 saturated carbocycles. The van der Waals surface area contributed by atoms with Gasteiger partial charge in [-0.1, -0.05) is 239 Å². The molecule has 0 aliphatic carbocycles. The molecule has 0 spiro atoms. The topological polar surface area (TPSA) is 26.3 Å². The second kappa shape index (κ2) is 40.5. The van der Waals surface area contributed by atoms with Crippen LogP contribution in [0.5, 0.6) is 0 Å². The summed E-state index contributed by atoms with van der Waals surface area (Å²) >= 11 is 0. The van der Waals surface area contributed by atoms with Crippen LogP contribution in [0.1, 0.15) is 258 Å². The fraction of sp³-hybridized carbons (Fsp3) is 0.976. The van der Waals surface area contributed by atoms with Crippen LogP contribution in [0, 0.1) is 0 Å². The normalized spacial score (nSPS) is 11.4. The maximum absolute atomic E-state index is 12.0. The summed E-state index contributed by atoms with van der Waals surface area (Å²) in [4.78, 5) is 12.0. The smallest absolute Gasteiger partial charge is 0.305 e. The maximum atomic E-state index is 12.0. The lowest BCUT2D eigenvalue weighted by Crippen LogP contribution is -2.05. The van der Waals surface area contributed by atoms with E-state index in [4.69, 9.17) is 4.74 Å². The highest BCUT2D eigenvalue weighted by Gasteiger charge is 2.03. The Balaban J connectivity index is 3.14. The van der Waals surface area contributed by atoms with Crippen molar-refractivity contribution < 1.29 is 9.53 Å². The van der Waals surface area contributed by atoms with Gasteiger partial charge >= 0.3 is 5.97 Å². The van der Waals surface area contributed by atoms with Gasteiger partial charge in [-0.05, 0) is 12.8 Å². The minimum atomic E-state index is 0.0310. The molecule has 0 aromatic rings. The molecule has 0 saturated heterocycles. The maximum Gasteiger partial charge on any atom is 0.305 e. The lowest BCUT2D eigenvalue weighted by molar-refractivity contribution is -0.143. The first-order chi connectivity index (χ1) is 21.8. The van der Waals surface area contributed by atoms with E-state index in [1.165, 1.54) is 225 Å². The fourth-order valence-electron chi connectivity index (χ4n) is 6.61. The van der Waals surface area contributed by atoms with Crippen LogP contribution in [0.15, 0.2) is 0 Å². The van der Waals surface area contributed by atoms with Gasteiger partial charge in [-0.2, -0.15) is 0 Å². The Morgan fingerprint density at radius 2 is 0.500 bits per heavy atom. The van der Waals surface area contributed by atoms with E-state index in [-0.39, 0.29) is 5.97 Å². The Morgan fingerprint density at radius 3 is 0.750 bits per heavy atom. The van der Waals surface area contributed by atoms with Crippen LogP contribution in [0.3, 0.4) is 0 Å². The van der Waals surface area contributed by atoms with Crippen LogP contribution >= 0.6 is 0 Å². The Hall–Kier alpha value is -0.530. The third kappa shape index (κ3) is 39.5. The van der Waals surface area contributed by atoms with Gasteiger partial charge < -0.3 is 4.74 Å². The first kappa shape index (κ1) is 43.5. The predicted molar refractivity (Wildman–Crippen MR) is 198 cm³/mol. The van der Waals surface area contributed by atoms with Crippen molar-refractivity contribution >= 4 is 5.97 Å². The summed E-state index contributed by atoms with van der Waals surface area (Å²) in [7, 11) is 0. The summed E-state index contributed by atoms with van der Waals surface area (Å²) in [6.45, 7) is 5.23. The number of carbonyl (C=O) groups is 1. The molecule has 0 aromatic heterocycles. The fourth-order valence-corrected chi connectivity index (χ4v) is 6.61. The van der Waals surface area contributed by atoms with Crippen LogP contribution < -0.4 is 0 Å². The molecule has 2 heteroatoms. The standard InChI is InChI=1S/C42H84O2/c1-3-5-7-9-11-13-15-17-19-21-22-23-24-25-27-29-31-33-35-37-39-41-44-42(43)40-38-36-34-32-30-28-26-20-18-16-14-12-10-8-6-4-2/h3-41H2,1-2H3. The first-order valence-corrected chi connectivity index (χ1v) is 21.0. The van der Waals surface area contributed by atoms with Gasteiger partial charge in [-0.25, -0.2) is 0 Å². The second-order valence-electron chi connectivity index (χ2n) is 14.3. The van der Waals surface area contributed by atoms with E-state index in [2.05, 4.69) is 13.8 Å². The highest BCUT2D eigenvalue weighted by molar-refractivity contribution is 5.69. The molecule has 0 rings (SSSR count). The van der Waals surface area contributed by atoms with Crippen molar-refractivity contribution in [3.63, 3.8) is 0 Å². The minimum Gasteiger partial charge on any atom is -0.466 e. The van der Waals surface area contributed by atoms with E-state index >= 15 is 0 Å². The molecular formula is C42H84O2. The lowest BCUT2D eigenvalue weighted by Gasteiger charge is -2.06. The van der Waals surface area contributed by atoms with Crippen LogP contribution in [-0.4, -0.2) is 12.6 Å². The summed E-state index contributed by atoms with van der Waals surface area (Å²) in [6, 6.07) is 0. The van der Waals surface area contributed by atoms with E-state index in [0.29, 0.717) is 13.0 Å².